The summed E-state index contributed by atoms with van der Waals surface area (Å²) >= 11 is 0. The van der Waals surface area contributed by atoms with Crippen molar-refractivity contribution in [1.29, 1.82) is 0 Å². The molecule has 2 rings (SSSR count). The van der Waals surface area contributed by atoms with E-state index in [9.17, 15) is 14.3 Å². The number of nitrogen functional groups attached to an aromatic ring is 1. The summed E-state index contributed by atoms with van der Waals surface area (Å²) in [6.45, 7) is 2.52. The van der Waals surface area contributed by atoms with Gasteiger partial charge in [0.15, 0.2) is 0 Å². The zero-order valence-electron chi connectivity index (χ0n) is 10.1. The molecule has 0 aromatic heterocycles. The van der Waals surface area contributed by atoms with Gasteiger partial charge in [-0.1, -0.05) is 0 Å². The second kappa shape index (κ2) is 4.13. The molecule has 1 fully saturated rings. The van der Waals surface area contributed by atoms with E-state index in [0.29, 0.717) is 19.5 Å². The van der Waals surface area contributed by atoms with Crippen LogP contribution >= 0.6 is 0 Å². The molecule has 98 valence electrons. The van der Waals surface area contributed by atoms with Crippen LogP contribution in [0.1, 0.15) is 23.7 Å². The third-order valence-corrected chi connectivity index (χ3v) is 3.18. The van der Waals surface area contributed by atoms with Crippen LogP contribution in [0, 0.1) is 5.82 Å². The molecule has 1 heterocycles. The third kappa shape index (κ3) is 2.24. The van der Waals surface area contributed by atoms with Crippen molar-refractivity contribution in [3.8, 4) is 0 Å². The topological polar surface area (TPSA) is 92.6 Å². The van der Waals surface area contributed by atoms with Crippen LogP contribution in [0.15, 0.2) is 12.1 Å². The molecule has 0 saturated carbocycles. The Hall–Kier alpha value is -1.82. The number of nitrogens with zero attached hydrogens (tertiary/aromatic N) is 1. The molecule has 0 bridgehead atoms. The Morgan fingerprint density at radius 3 is 2.72 bits per heavy atom. The van der Waals surface area contributed by atoms with E-state index in [4.69, 9.17) is 11.5 Å². The van der Waals surface area contributed by atoms with Gasteiger partial charge < -0.3 is 21.5 Å². The van der Waals surface area contributed by atoms with E-state index in [1.54, 1.807) is 11.8 Å². The molecular formula is C12H16FN3O2. The number of aliphatic hydroxyl groups is 1. The molecule has 0 spiro atoms. The van der Waals surface area contributed by atoms with Gasteiger partial charge in [0.1, 0.15) is 5.82 Å². The van der Waals surface area contributed by atoms with E-state index >= 15 is 0 Å². The lowest BCUT2D eigenvalue weighted by molar-refractivity contribution is 0.0839. The number of benzene rings is 1. The molecule has 1 aromatic rings. The van der Waals surface area contributed by atoms with Crippen molar-refractivity contribution in [3.63, 3.8) is 0 Å². The molecule has 1 saturated heterocycles. The van der Waals surface area contributed by atoms with Gasteiger partial charge in [-0.3, -0.25) is 4.79 Å². The summed E-state index contributed by atoms with van der Waals surface area (Å²) < 4.78 is 13.8. The van der Waals surface area contributed by atoms with Gasteiger partial charge in [0.25, 0.3) is 5.91 Å². The highest BCUT2D eigenvalue weighted by molar-refractivity contribution is 5.99. The molecule has 1 aliphatic rings. The van der Waals surface area contributed by atoms with Crippen molar-refractivity contribution in [2.24, 2.45) is 5.73 Å². The SMILES string of the molecule is CC1(O)CCN(c2cc(C(N)=O)c(N)cc2F)C1. The number of amides is 1. The van der Waals surface area contributed by atoms with Gasteiger partial charge in [-0.05, 0) is 25.5 Å². The van der Waals surface area contributed by atoms with Gasteiger partial charge >= 0.3 is 0 Å². The Balaban J connectivity index is 2.39. The van der Waals surface area contributed by atoms with Crippen molar-refractivity contribution >= 4 is 17.3 Å². The summed E-state index contributed by atoms with van der Waals surface area (Å²) in [5.41, 5.74) is 10.2. The number of halogens is 1. The fourth-order valence-electron chi connectivity index (χ4n) is 2.18. The maximum Gasteiger partial charge on any atom is 0.250 e. The molecule has 18 heavy (non-hydrogen) atoms. The van der Waals surface area contributed by atoms with Gasteiger partial charge in [-0.25, -0.2) is 4.39 Å². The average Bonchev–Trinajstić information content (AvgIpc) is 2.58. The smallest absolute Gasteiger partial charge is 0.250 e. The lowest BCUT2D eigenvalue weighted by Gasteiger charge is -2.22. The molecule has 1 amide bonds. The van der Waals surface area contributed by atoms with E-state index in [0.717, 1.165) is 6.07 Å². The molecule has 0 aliphatic carbocycles. The van der Waals surface area contributed by atoms with Crippen LogP contribution in [0.2, 0.25) is 0 Å². The van der Waals surface area contributed by atoms with Crippen molar-refractivity contribution in [2.75, 3.05) is 23.7 Å². The monoisotopic (exact) mass is 253 g/mol. The standard InChI is InChI=1S/C12H16FN3O2/c1-12(18)2-3-16(6-12)10-4-7(11(15)17)9(14)5-8(10)13/h4-5,18H,2-3,6,14H2,1H3,(H2,15,17). The van der Waals surface area contributed by atoms with Crippen molar-refractivity contribution in [3.05, 3.63) is 23.5 Å². The zero-order valence-corrected chi connectivity index (χ0v) is 10.1. The molecule has 0 radical (unpaired) electrons. The second-order valence-corrected chi connectivity index (χ2v) is 4.92. The van der Waals surface area contributed by atoms with Crippen LogP contribution in [0.3, 0.4) is 0 Å². The summed E-state index contributed by atoms with van der Waals surface area (Å²) in [7, 11) is 0. The second-order valence-electron chi connectivity index (χ2n) is 4.92. The number of hydrogen-bond donors (Lipinski definition) is 3. The van der Waals surface area contributed by atoms with Gasteiger partial charge in [0, 0.05) is 18.8 Å². The summed E-state index contributed by atoms with van der Waals surface area (Å²) in [6.07, 6.45) is 0.544. The highest BCUT2D eigenvalue weighted by Crippen LogP contribution is 2.31. The Bertz CT molecular complexity index is 502. The quantitative estimate of drug-likeness (QED) is 0.668. The molecular weight excluding hydrogens is 237 g/mol. The van der Waals surface area contributed by atoms with E-state index in [2.05, 4.69) is 0 Å². The number of carbonyl (C=O) groups is 1. The predicted molar refractivity (Wildman–Crippen MR) is 66.8 cm³/mol. The predicted octanol–water partition coefficient (Wildman–Crippen LogP) is 0.468. The van der Waals surface area contributed by atoms with E-state index < -0.39 is 17.3 Å². The van der Waals surface area contributed by atoms with Crippen LogP contribution < -0.4 is 16.4 Å². The van der Waals surface area contributed by atoms with Crippen molar-refractivity contribution in [1.82, 2.24) is 0 Å². The van der Waals surface area contributed by atoms with Gasteiger partial charge in [0.05, 0.1) is 16.9 Å². The largest absolute Gasteiger partial charge is 0.398 e. The first kappa shape index (κ1) is 12.6. The number of hydrogen-bond acceptors (Lipinski definition) is 4. The van der Waals surface area contributed by atoms with Crippen LogP contribution in [-0.2, 0) is 0 Å². The lowest BCUT2D eigenvalue weighted by atomic mass is 10.1. The first-order chi connectivity index (χ1) is 8.30. The van der Waals surface area contributed by atoms with E-state index in [1.165, 1.54) is 6.07 Å². The number of primary amides is 1. The Morgan fingerprint density at radius 2 is 2.22 bits per heavy atom. The Morgan fingerprint density at radius 1 is 1.56 bits per heavy atom. The Labute approximate surface area is 104 Å². The zero-order chi connectivity index (χ0) is 13.5. The number of nitrogens with two attached hydrogens (primary N) is 2. The summed E-state index contributed by atoms with van der Waals surface area (Å²) in [6, 6.07) is 2.43. The van der Waals surface area contributed by atoms with Crippen molar-refractivity contribution in [2.45, 2.75) is 18.9 Å². The fourth-order valence-corrected chi connectivity index (χ4v) is 2.18. The van der Waals surface area contributed by atoms with E-state index in [1.807, 2.05) is 0 Å². The number of rotatable bonds is 2. The van der Waals surface area contributed by atoms with Gasteiger partial charge in [-0.15, -0.1) is 0 Å². The minimum Gasteiger partial charge on any atom is -0.398 e. The molecule has 5 nitrogen and oxygen atoms in total. The Kier molecular flexibility index (Phi) is 2.90. The summed E-state index contributed by atoms with van der Waals surface area (Å²) in [5.74, 6) is -1.21. The molecule has 1 atom stereocenters. The van der Waals surface area contributed by atoms with Crippen molar-refractivity contribution < 1.29 is 14.3 Å². The van der Waals surface area contributed by atoms with Gasteiger partial charge in [0.2, 0.25) is 0 Å². The normalized spacial score (nSPS) is 23.4. The first-order valence-corrected chi connectivity index (χ1v) is 5.66. The number of anilines is 2. The summed E-state index contributed by atoms with van der Waals surface area (Å²) in [5, 5.41) is 9.87. The third-order valence-electron chi connectivity index (χ3n) is 3.18. The molecule has 1 aliphatic heterocycles. The maximum atomic E-state index is 13.8. The first-order valence-electron chi connectivity index (χ1n) is 5.66. The average molecular weight is 253 g/mol. The number of carbonyl (C=O) groups excluding carboxylic acids is 1. The fraction of sp³-hybridized carbons (Fsp3) is 0.417. The van der Waals surface area contributed by atoms with E-state index in [-0.39, 0.29) is 16.9 Å². The highest BCUT2D eigenvalue weighted by Gasteiger charge is 2.33. The summed E-state index contributed by atoms with van der Waals surface area (Å²) in [4.78, 5) is 12.9. The van der Waals surface area contributed by atoms with Crippen LogP contribution in [0.25, 0.3) is 0 Å². The van der Waals surface area contributed by atoms with Gasteiger partial charge in [-0.2, -0.15) is 0 Å². The van der Waals surface area contributed by atoms with Crippen LogP contribution in [0.5, 0.6) is 0 Å². The molecule has 1 aromatic carbocycles. The molecule has 1 unspecified atom stereocenters. The highest BCUT2D eigenvalue weighted by atomic mass is 19.1. The minimum atomic E-state index is -0.847. The maximum absolute atomic E-state index is 13.8. The molecule has 6 heteroatoms. The minimum absolute atomic E-state index is 0.0229. The van der Waals surface area contributed by atoms with Crippen LogP contribution in [0.4, 0.5) is 15.8 Å². The molecule has 5 N–H and O–H groups in total. The van der Waals surface area contributed by atoms with Crippen LogP contribution in [-0.4, -0.2) is 29.7 Å². The number of β-amino-alcohol motifs (C(OH)–C–C–N with tert-alkyl or cyclic N) is 1. The lowest BCUT2D eigenvalue weighted by Crippen LogP contribution is -2.30.